The van der Waals surface area contributed by atoms with Crippen molar-refractivity contribution in [2.45, 2.75) is 0 Å². The lowest BCUT2D eigenvalue weighted by molar-refractivity contribution is 0.669. The minimum atomic E-state index is 0.571. The lowest BCUT2D eigenvalue weighted by Gasteiger charge is -2.12. The van der Waals surface area contributed by atoms with E-state index in [9.17, 15) is 0 Å². The molecule has 0 N–H and O–H groups in total. The van der Waals surface area contributed by atoms with Crippen molar-refractivity contribution in [3.63, 3.8) is 0 Å². The topological polar surface area (TPSA) is 51.8 Å². The van der Waals surface area contributed by atoms with Crippen molar-refractivity contribution < 1.29 is 4.42 Å². The SMILES string of the molecule is Clc1cccc2c1oc1cccc(-c3nc(-c4ccccc4)nc(-c4ccc5c6ccccc6c6ccccc6c5c4)n3)c12. The number of aromatic nitrogens is 3. The van der Waals surface area contributed by atoms with E-state index in [0.29, 0.717) is 28.1 Å². The summed E-state index contributed by atoms with van der Waals surface area (Å²) >= 11 is 6.53. The van der Waals surface area contributed by atoms with Crippen molar-refractivity contribution in [2.24, 2.45) is 0 Å². The van der Waals surface area contributed by atoms with Crippen LogP contribution in [0.5, 0.6) is 0 Å². The van der Waals surface area contributed by atoms with Gasteiger partial charge in [-0.3, -0.25) is 0 Å². The van der Waals surface area contributed by atoms with Crippen molar-refractivity contribution >= 4 is 65.9 Å². The van der Waals surface area contributed by atoms with Crippen LogP contribution in [0.2, 0.25) is 5.02 Å². The number of nitrogens with zero attached hydrogens (tertiary/aromatic N) is 3. The number of para-hydroxylation sites is 1. The van der Waals surface area contributed by atoms with Gasteiger partial charge < -0.3 is 4.42 Å². The van der Waals surface area contributed by atoms with Gasteiger partial charge in [-0.15, -0.1) is 0 Å². The number of fused-ring (bicyclic) bond motifs is 9. The molecule has 0 spiro atoms. The zero-order chi connectivity index (χ0) is 29.2. The van der Waals surface area contributed by atoms with Crippen molar-refractivity contribution in [1.82, 2.24) is 15.0 Å². The number of hydrogen-bond acceptors (Lipinski definition) is 4. The van der Waals surface area contributed by atoms with Gasteiger partial charge in [0.25, 0.3) is 0 Å². The summed E-state index contributed by atoms with van der Waals surface area (Å²) in [5.41, 5.74) is 4.09. The number of furan rings is 1. The fourth-order valence-corrected chi connectivity index (χ4v) is 6.60. The summed E-state index contributed by atoms with van der Waals surface area (Å²) in [5.74, 6) is 1.79. The van der Waals surface area contributed by atoms with Crippen molar-refractivity contribution in [3.8, 4) is 34.2 Å². The Bertz CT molecular complexity index is 2540. The molecule has 4 nitrogen and oxygen atoms in total. The Hall–Kier alpha value is -5.58. The third-order valence-electron chi connectivity index (χ3n) is 8.39. The Labute approximate surface area is 257 Å². The zero-order valence-electron chi connectivity index (χ0n) is 23.3. The van der Waals surface area contributed by atoms with Crippen LogP contribution in [0.4, 0.5) is 0 Å². The molecule has 0 amide bonds. The average Bonchev–Trinajstić information content (AvgIpc) is 3.49. The van der Waals surface area contributed by atoms with Gasteiger partial charge in [-0.25, -0.2) is 15.0 Å². The molecule has 2 aromatic heterocycles. The van der Waals surface area contributed by atoms with E-state index >= 15 is 0 Å². The predicted molar refractivity (Wildman–Crippen MR) is 181 cm³/mol. The Balaban J connectivity index is 1.33. The highest BCUT2D eigenvalue weighted by atomic mass is 35.5. The summed E-state index contributed by atoms with van der Waals surface area (Å²) in [6, 6.07) is 45.5. The maximum Gasteiger partial charge on any atom is 0.164 e. The van der Waals surface area contributed by atoms with Gasteiger partial charge >= 0.3 is 0 Å². The first-order valence-corrected chi connectivity index (χ1v) is 14.9. The first kappa shape index (κ1) is 25.0. The molecule has 5 heteroatoms. The molecule has 0 atom stereocenters. The van der Waals surface area contributed by atoms with E-state index < -0.39 is 0 Å². The van der Waals surface area contributed by atoms with Gasteiger partial charge in [-0.05, 0) is 50.5 Å². The van der Waals surface area contributed by atoms with Gasteiger partial charge in [-0.1, -0.05) is 127 Å². The van der Waals surface area contributed by atoms with Crippen LogP contribution in [0.25, 0.3) is 88.4 Å². The highest BCUT2D eigenvalue weighted by Gasteiger charge is 2.19. The molecule has 0 aliphatic rings. The summed E-state index contributed by atoms with van der Waals surface area (Å²) in [4.78, 5) is 15.2. The highest BCUT2D eigenvalue weighted by Crippen LogP contribution is 2.40. The summed E-state index contributed by atoms with van der Waals surface area (Å²) in [5, 5.41) is 9.70. The van der Waals surface area contributed by atoms with E-state index in [-0.39, 0.29) is 0 Å². The molecule has 0 aliphatic heterocycles. The number of halogens is 1. The molecule has 2 heterocycles. The van der Waals surface area contributed by atoms with Crippen LogP contribution in [-0.2, 0) is 0 Å². The largest absolute Gasteiger partial charge is 0.454 e. The van der Waals surface area contributed by atoms with Crippen molar-refractivity contribution in [3.05, 3.63) is 138 Å². The summed E-state index contributed by atoms with van der Waals surface area (Å²) in [6.07, 6.45) is 0. The molecule has 7 aromatic carbocycles. The predicted octanol–water partition coefficient (Wildman–Crippen LogP) is 10.9. The molecule has 0 unspecified atom stereocenters. The average molecular weight is 584 g/mol. The van der Waals surface area contributed by atoms with Gasteiger partial charge in [0.05, 0.1) is 5.02 Å². The van der Waals surface area contributed by atoms with Crippen molar-refractivity contribution in [1.29, 1.82) is 0 Å². The van der Waals surface area contributed by atoms with Crippen LogP contribution in [-0.4, -0.2) is 15.0 Å². The fourth-order valence-electron chi connectivity index (χ4n) is 6.39. The Morgan fingerprint density at radius 2 is 1.00 bits per heavy atom. The summed E-state index contributed by atoms with van der Waals surface area (Å²) < 4.78 is 6.20. The molecule has 9 aromatic rings. The lowest BCUT2D eigenvalue weighted by atomic mass is 9.93. The second-order valence-corrected chi connectivity index (χ2v) is 11.3. The summed E-state index contributed by atoms with van der Waals surface area (Å²) in [6.45, 7) is 0. The number of benzene rings is 7. The highest BCUT2D eigenvalue weighted by molar-refractivity contribution is 6.36. The molecule has 0 radical (unpaired) electrons. The van der Waals surface area contributed by atoms with Crippen molar-refractivity contribution in [2.75, 3.05) is 0 Å². The van der Waals surface area contributed by atoms with E-state index in [2.05, 4.69) is 66.7 Å². The normalized spacial score (nSPS) is 11.8. The van der Waals surface area contributed by atoms with Crippen LogP contribution >= 0.6 is 11.6 Å². The van der Waals surface area contributed by atoms with Crippen LogP contribution in [0.15, 0.2) is 138 Å². The minimum absolute atomic E-state index is 0.571. The lowest BCUT2D eigenvalue weighted by Crippen LogP contribution is -2.00. The first-order chi connectivity index (χ1) is 21.7. The fraction of sp³-hybridized carbons (Fsp3) is 0. The molecule has 9 rings (SSSR count). The van der Waals surface area contributed by atoms with Crippen LogP contribution in [0, 0.1) is 0 Å². The molecule has 0 fully saturated rings. The smallest absolute Gasteiger partial charge is 0.164 e. The Morgan fingerprint density at radius 3 is 1.73 bits per heavy atom. The van der Waals surface area contributed by atoms with Crippen LogP contribution in [0.3, 0.4) is 0 Å². The molecule has 0 aliphatic carbocycles. The third-order valence-corrected chi connectivity index (χ3v) is 8.68. The second-order valence-electron chi connectivity index (χ2n) is 10.9. The standard InChI is InChI=1S/C39H22ClN3O/c40-33-18-8-16-30-35-31(17-9-19-34(35)44-36(30)33)39-42-37(23-10-2-1-3-11-23)41-38(43-39)24-20-21-29-27-14-5-4-12-25(27)26-13-6-7-15-28(26)32(29)22-24/h1-22H. The van der Waals surface area contributed by atoms with E-state index in [4.69, 9.17) is 31.0 Å². The molecule has 206 valence electrons. The minimum Gasteiger partial charge on any atom is -0.454 e. The zero-order valence-corrected chi connectivity index (χ0v) is 24.1. The van der Waals surface area contributed by atoms with Gasteiger partial charge in [0.2, 0.25) is 0 Å². The van der Waals surface area contributed by atoms with Gasteiger partial charge in [0.1, 0.15) is 5.58 Å². The molecule has 0 saturated heterocycles. The summed E-state index contributed by atoms with van der Waals surface area (Å²) in [7, 11) is 0. The molecular weight excluding hydrogens is 562 g/mol. The maximum absolute atomic E-state index is 6.53. The van der Waals surface area contributed by atoms with Crippen LogP contribution in [0.1, 0.15) is 0 Å². The van der Waals surface area contributed by atoms with Gasteiger partial charge in [-0.2, -0.15) is 0 Å². The first-order valence-electron chi connectivity index (χ1n) is 14.5. The van der Waals surface area contributed by atoms with Gasteiger partial charge in [0.15, 0.2) is 23.1 Å². The molecular formula is C39H22ClN3O. The molecule has 0 bridgehead atoms. The second kappa shape index (κ2) is 9.73. The quantitative estimate of drug-likeness (QED) is 0.194. The van der Waals surface area contributed by atoms with Crippen LogP contribution < -0.4 is 0 Å². The monoisotopic (exact) mass is 583 g/mol. The molecule has 44 heavy (non-hydrogen) atoms. The van der Waals surface area contributed by atoms with E-state index in [1.54, 1.807) is 0 Å². The Kier molecular flexibility index (Phi) is 5.52. The van der Waals surface area contributed by atoms with E-state index in [1.807, 2.05) is 66.7 Å². The van der Waals surface area contributed by atoms with Gasteiger partial charge in [0, 0.05) is 27.5 Å². The Morgan fingerprint density at radius 1 is 0.432 bits per heavy atom. The number of rotatable bonds is 3. The van der Waals surface area contributed by atoms with E-state index in [0.717, 1.165) is 38.4 Å². The number of hydrogen-bond donors (Lipinski definition) is 0. The maximum atomic E-state index is 6.53. The van der Waals surface area contributed by atoms with E-state index in [1.165, 1.54) is 26.9 Å². The third kappa shape index (κ3) is 3.82. The molecule has 0 saturated carbocycles.